The number of anilines is 1. The highest BCUT2D eigenvalue weighted by atomic mass is 32.2. The molecular weight excluding hydrogens is 310 g/mol. The van der Waals surface area contributed by atoms with Crippen LogP contribution < -0.4 is 10.2 Å². The van der Waals surface area contributed by atoms with Crippen LogP contribution in [-0.4, -0.2) is 29.9 Å². The Hall–Kier alpha value is -2.34. The van der Waals surface area contributed by atoms with Crippen LogP contribution in [0.15, 0.2) is 46.5 Å². The molecule has 0 aliphatic carbocycles. The van der Waals surface area contributed by atoms with Crippen molar-refractivity contribution in [3.63, 3.8) is 0 Å². The third-order valence-electron chi connectivity index (χ3n) is 3.65. The van der Waals surface area contributed by atoms with Gasteiger partial charge in [-0.05, 0) is 44.2 Å². The molecule has 0 bridgehead atoms. The van der Waals surface area contributed by atoms with Crippen LogP contribution in [0, 0.1) is 0 Å². The van der Waals surface area contributed by atoms with E-state index in [4.69, 9.17) is 0 Å². The van der Waals surface area contributed by atoms with E-state index in [2.05, 4.69) is 10.3 Å². The number of hydrogen-bond acceptors (Lipinski definition) is 4. The van der Waals surface area contributed by atoms with Crippen molar-refractivity contribution in [2.75, 3.05) is 11.9 Å². The molecule has 118 valence electrons. The van der Waals surface area contributed by atoms with Gasteiger partial charge in [-0.15, -0.1) is 0 Å². The lowest BCUT2D eigenvalue weighted by atomic mass is 10.1. The summed E-state index contributed by atoms with van der Waals surface area (Å²) in [6.45, 7) is 3.95. The summed E-state index contributed by atoms with van der Waals surface area (Å²) in [5.74, 6) is -0.219. The maximum Gasteiger partial charge on any atom is 0.261 e. The van der Waals surface area contributed by atoms with E-state index >= 15 is 0 Å². The van der Waals surface area contributed by atoms with Gasteiger partial charge in [-0.3, -0.25) is 9.59 Å². The Morgan fingerprint density at radius 3 is 2.78 bits per heavy atom. The minimum Gasteiger partial charge on any atom is -0.355 e. The highest BCUT2D eigenvalue weighted by Crippen LogP contribution is 2.41. The highest BCUT2D eigenvalue weighted by Gasteiger charge is 2.30. The minimum atomic E-state index is -0.152. The summed E-state index contributed by atoms with van der Waals surface area (Å²) < 4.78 is 0. The predicted octanol–water partition coefficient (Wildman–Crippen LogP) is 2.96. The van der Waals surface area contributed by atoms with Crippen LogP contribution in [0.25, 0.3) is 0 Å². The van der Waals surface area contributed by atoms with Gasteiger partial charge in [0.25, 0.3) is 11.8 Å². The molecule has 0 saturated heterocycles. The summed E-state index contributed by atoms with van der Waals surface area (Å²) in [6, 6.07) is 8.94. The average molecular weight is 327 g/mol. The number of fused-ring (bicyclic) bond motifs is 2. The van der Waals surface area contributed by atoms with Crippen LogP contribution in [0.2, 0.25) is 0 Å². The molecule has 0 spiro atoms. The normalized spacial score (nSPS) is 13.4. The van der Waals surface area contributed by atoms with E-state index in [-0.39, 0.29) is 17.9 Å². The molecule has 6 heteroatoms. The van der Waals surface area contributed by atoms with E-state index < -0.39 is 0 Å². The highest BCUT2D eigenvalue weighted by molar-refractivity contribution is 7.99. The zero-order valence-corrected chi connectivity index (χ0v) is 14.0. The van der Waals surface area contributed by atoms with Gasteiger partial charge in [-0.25, -0.2) is 4.98 Å². The molecule has 2 amide bonds. The Balaban J connectivity index is 2.20. The van der Waals surface area contributed by atoms with E-state index in [0.29, 0.717) is 16.2 Å². The quantitative estimate of drug-likeness (QED) is 0.921. The molecule has 0 atom stereocenters. The maximum atomic E-state index is 12.9. The molecule has 5 nitrogen and oxygen atoms in total. The van der Waals surface area contributed by atoms with Crippen LogP contribution in [0.3, 0.4) is 0 Å². The molecule has 2 heterocycles. The van der Waals surface area contributed by atoms with Gasteiger partial charge < -0.3 is 10.2 Å². The maximum absolute atomic E-state index is 12.9. The van der Waals surface area contributed by atoms with Gasteiger partial charge in [0.1, 0.15) is 5.03 Å². The van der Waals surface area contributed by atoms with Crippen LogP contribution in [-0.2, 0) is 0 Å². The minimum absolute atomic E-state index is 0.00106. The SMILES string of the molecule is CNC(=O)c1ccc2c(c1)Sc1ncccc1C(=O)N2C(C)C. The van der Waals surface area contributed by atoms with E-state index in [1.807, 2.05) is 26.0 Å². The number of nitrogens with one attached hydrogen (secondary N) is 1. The Morgan fingerprint density at radius 2 is 2.09 bits per heavy atom. The summed E-state index contributed by atoms with van der Waals surface area (Å²) >= 11 is 1.42. The average Bonchev–Trinajstić information content (AvgIpc) is 2.67. The standard InChI is InChI=1S/C17H17N3O2S/c1-10(2)20-13-7-6-11(15(21)18-3)9-14(13)23-16-12(17(20)22)5-4-8-19-16/h4-10H,1-3H3,(H,18,21). The van der Waals surface area contributed by atoms with Gasteiger partial charge >= 0.3 is 0 Å². The van der Waals surface area contributed by atoms with Crippen LogP contribution >= 0.6 is 11.8 Å². The largest absolute Gasteiger partial charge is 0.355 e. The Labute approximate surface area is 139 Å². The first-order valence-corrected chi connectivity index (χ1v) is 8.17. The molecule has 3 rings (SSSR count). The number of carbonyl (C=O) groups excluding carboxylic acids is 2. The van der Waals surface area contributed by atoms with Gasteiger partial charge in [0.2, 0.25) is 0 Å². The molecule has 0 fully saturated rings. The molecule has 0 radical (unpaired) electrons. The lowest BCUT2D eigenvalue weighted by Gasteiger charge is -2.27. The molecule has 23 heavy (non-hydrogen) atoms. The van der Waals surface area contributed by atoms with E-state index in [0.717, 1.165) is 10.6 Å². The second kappa shape index (κ2) is 6.04. The monoisotopic (exact) mass is 327 g/mol. The Morgan fingerprint density at radius 1 is 1.30 bits per heavy atom. The lowest BCUT2D eigenvalue weighted by Crippen LogP contribution is -2.37. The number of carbonyl (C=O) groups is 2. The smallest absolute Gasteiger partial charge is 0.261 e. The molecule has 1 aliphatic heterocycles. The molecule has 1 N–H and O–H groups in total. The van der Waals surface area contributed by atoms with Crippen LogP contribution in [0.1, 0.15) is 34.6 Å². The first-order chi connectivity index (χ1) is 11.0. The van der Waals surface area contributed by atoms with Crippen molar-refractivity contribution < 1.29 is 9.59 Å². The first kappa shape index (κ1) is 15.6. The van der Waals surface area contributed by atoms with E-state index in [1.54, 1.807) is 36.3 Å². The topological polar surface area (TPSA) is 62.3 Å². The van der Waals surface area contributed by atoms with Gasteiger partial charge in [-0.1, -0.05) is 11.8 Å². The Kier molecular flexibility index (Phi) is 4.09. The zero-order valence-electron chi connectivity index (χ0n) is 13.2. The van der Waals surface area contributed by atoms with Gasteiger partial charge in [0.05, 0.1) is 11.3 Å². The summed E-state index contributed by atoms with van der Waals surface area (Å²) in [6.07, 6.45) is 1.67. The molecule has 0 unspecified atom stereocenters. The predicted molar refractivity (Wildman–Crippen MR) is 90.1 cm³/mol. The van der Waals surface area contributed by atoms with Crippen molar-refractivity contribution in [1.29, 1.82) is 0 Å². The van der Waals surface area contributed by atoms with Crippen LogP contribution in [0.4, 0.5) is 5.69 Å². The van der Waals surface area contributed by atoms with E-state index in [1.165, 1.54) is 11.8 Å². The number of amides is 2. The number of nitrogens with zero attached hydrogens (tertiary/aromatic N) is 2. The summed E-state index contributed by atoms with van der Waals surface area (Å²) in [4.78, 5) is 31.7. The third-order valence-corrected chi connectivity index (χ3v) is 4.72. The number of aromatic nitrogens is 1. The van der Waals surface area contributed by atoms with Crippen molar-refractivity contribution in [3.8, 4) is 0 Å². The summed E-state index contributed by atoms with van der Waals surface area (Å²) in [5, 5.41) is 3.28. The fourth-order valence-electron chi connectivity index (χ4n) is 2.57. The van der Waals surface area contributed by atoms with Gasteiger partial charge in [0.15, 0.2) is 0 Å². The van der Waals surface area contributed by atoms with Gasteiger partial charge in [0, 0.05) is 29.7 Å². The summed E-state index contributed by atoms with van der Waals surface area (Å²) in [7, 11) is 1.60. The lowest BCUT2D eigenvalue weighted by molar-refractivity contribution is 0.0960. The van der Waals surface area contributed by atoms with Crippen molar-refractivity contribution in [2.24, 2.45) is 0 Å². The first-order valence-electron chi connectivity index (χ1n) is 7.35. The van der Waals surface area contributed by atoms with Crippen LogP contribution in [0.5, 0.6) is 0 Å². The fraction of sp³-hybridized carbons (Fsp3) is 0.235. The summed E-state index contributed by atoms with van der Waals surface area (Å²) in [5.41, 5.74) is 1.96. The van der Waals surface area contributed by atoms with E-state index in [9.17, 15) is 9.59 Å². The second-order valence-corrected chi connectivity index (χ2v) is 6.52. The molecule has 0 saturated carbocycles. The third kappa shape index (κ3) is 2.70. The molecule has 1 aromatic heterocycles. The van der Waals surface area contributed by atoms with Crippen molar-refractivity contribution in [2.45, 2.75) is 29.8 Å². The molecular formula is C17H17N3O2S. The fourth-order valence-corrected chi connectivity index (χ4v) is 3.62. The number of pyridine rings is 1. The zero-order chi connectivity index (χ0) is 16.6. The van der Waals surface area contributed by atoms with Crippen molar-refractivity contribution in [1.82, 2.24) is 10.3 Å². The number of rotatable bonds is 2. The number of hydrogen-bond donors (Lipinski definition) is 1. The molecule has 1 aliphatic rings. The number of benzene rings is 1. The second-order valence-electron chi connectivity index (χ2n) is 5.49. The molecule has 1 aromatic carbocycles. The van der Waals surface area contributed by atoms with Crippen molar-refractivity contribution >= 4 is 29.3 Å². The Bertz CT molecular complexity index is 789. The molecule has 2 aromatic rings. The van der Waals surface area contributed by atoms with Crippen molar-refractivity contribution in [3.05, 3.63) is 47.7 Å². The van der Waals surface area contributed by atoms with Gasteiger partial charge in [-0.2, -0.15) is 0 Å².